The Morgan fingerprint density at radius 1 is 1.36 bits per heavy atom. The fourth-order valence-electron chi connectivity index (χ4n) is 1.09. The first-order chi connectivity index (χ1) is 5.65. The molecule has 0 fully saturated rings. The van der Waals surface area contributed by atoms with Crippen LogP contribution in [0, 0.1) is 5.82 Å². The minimum atomic E-state index is -0.289. The van der Waals surface area contributed by atoms with E-state index >= 15 is 0 Å². The summed E-state index contributed by atoms with van der Waals surface area (Å²) in [6.45, 7) is 1.94. The van der Waals surface area contributed by atoms with Gasteiger partial charge in [-0.1, -0.05) is 6.92 Å². The van der Waals surface area contributed by atoms with Crippen LogP contribution in [0.5, 0.6) is 0 Å². The molecule has 4 N–H and O–H groups in total. The summed E-state index contributed by atoms with van der Waals surface area (Å²) in [6, 6.07) is 4.10. The van der Waals surface area contributed by atoms with Gasteiger partial charge >= 0.3 is 0 Å². The quantitative estimate of drug-likeness (QED) is 0.782. The molecular formula is C9H15Cl2FN2. The predicted molar refractivity (Wildman–Crippen MR) is 62.5 cm³/mol. The smallest absolute Gasteiger partial charge is 0.123 e. The van der Waals surface area contributed by atoms with E-state index in [-0.39, 0.29) is 36.7 Å². The standard InChI is InChI=1S/C9H13FN2.2ClH/c1-2-8(11)7-5-6(10)3-4-9(7)12;;/h3-5,8H,2,11-12H2,1H3;2*1H. The molecule has 14 heavy (non-hydrogen) atoms. The molecule has 0 bridgehead atoms. The van der Waals surface area contributed by atoms with Crippen LogP contribution in [0.3, 0.4) is 0 Å². The van der Waals surface area contributed by atoms with Crippen molar-refractivity contribution in [3.05, 3.63) is 29.6 Å². The van der Waals surface area contributed by atoms with Crippen LogP contribution in [0.25, 0.3) is 0 Å². The van der Waals surface area contributed by atoms with E-state index in [1.54, 1.807) is 6.07 Å². The van der Waals surface area contributed by atoms with Crippen molar-refractivity contribution in [2.45, 2.75) is 19.4 Å². The topological polar surface area (TPSA) is 52.0 Å². The molecule has 1 atom stereocenters. The lowest BCUT2D eigenvalue weighted by Crippen LogP contribution is -2.11. The Hall–Kier alpha value is -0.510. The number of nitrogen functional groups attached to an aromatic ring is 1. The molecule has 0 saturated heterocycles. The maximum Gasteiger partial charge on any atom is 0.123 e. The van der Waals surface area contributed by atoms with Crippen molar-refractivity contribution >= 4 is 30.5 Å². The molecule has 1 unspecified atom stereocenters. The van der Waals surface area contributed by atoms with Gasteiger partial charge in [-0.25, -0.2) is 4.39 Å². The van der Waals surface area contributed by atoms with Crippen LogP contribution in [0.4, 0.5) is 10.1 Å². The lowest BCUT2D eigenvalue weighted by atomic mass is 10.0. The fourth-order valence-corrected chi connectivity index (χ4v) is 1.09. The van der Waals surface area contributed by atoms with Crippen molar-refractivity contribution in [3.8, 4) is 0 Å². The molecule has 0 radical (unpaired) electrons. The molecule has 2 nitrogen and oxygen atoms in total. The summed E-state index contributed by atoms with van der Waals surface area (Å²) in [6.07, 6.45) is 0.758. The average molecular weight is 241 g/mol. The van der Waals surface area contributed by atoms with E-state index in [2.05, 4.69) is 0 Å². The van der Waals surface area contributed by atoms with Crippen LogP contribution in [-0.2, 0) is 0 Å². The second kappa shape index (κ2) is 6.87. The molecule has 1 aromatic carbocycles. The third kappa shape index (κ3) is 3.70. The third-order valence-corrected chi connectivity index (χ3v) is 1.89. The van der Waals surface area contributed by atoms with Crippen LogP contribution in [0.15, 0.2) is 18.2 Å². The number of hydrogen-bond donors (Lipinski definition) is 2. The van der Waals surface area contributed by atoms with Gasteiger partial charge in [0.25, 0.3) is 0 Å². The molecule has 1 rings (SSSR count). The van der Waals surface area contributed by atoms with Crippen molar-refractivity contribution < 1.29 is 4.39 Å². The van der Waals surface area contributed by atoms with Gasteiger partial charge in [0.1, 0.15) is 5.82 Å². The van der Waals surface area contributed by atoms with E-state index < -0.39 is 0 Å². The first-order valence-corrected chi connectivity index (χ1v) is 3.95. The van der Waals surface area contributed by atoms with E-state index in [1.165, 1.54) is 12.1 Å². The Balaban J connectivity index is 0. The van der Waals surface area contributed by atoms with E-state index in [0.29, 0.717) is 11.3 Å². The highest BCUT2D eigenvalue weighted by molar-refractivity contribution is 5.85. The molecule has 0 amide bonds. The lowest BCUT2D eigenvalue weighted by Gasteiger charge is -2.11. The Bertz CT molecular complexity index is 282. The number of nitrogens with two attached hydrogens (primary N) is 2. The number of halogens is 3. The van der Waals surface area contributed by atoms with Crippen LogP contribution in [0.1, 0.15) is 24.9 Å². The van der Waals surface area contributed by atoms with E-state index in [4.69, 9.17) is 11.5 Å². The Morgan fingerprint density at radius 3 is 2.43 bits per heavy atom. The van der Waals surface area contributed by atoms with Gasteiger partial charge in [-0.3, -0.25) is 0 Å². The number of hydrogen-bond acceptors (Lipinski definition) is 2. The van der Waals surface area contributed by atoms with Crippen LogP contribution in [0.2, 0.25) is 0 Å². The van der Waals surface area contributed by atoms with Crippen molar-refractivity contribution in [2.24, 2.45) is 5.73 Å². The summed E-state index contributed by atoms with van der Waals surface area (Å²) in [5.41, 5.74) is 12.6. The summed E-state index contributed by atoms with van der Waals surface area (Å²) in [7, 11) is 0. The predicted octanol–water partition coefficient (Wildman–Crippen LogP) is 2.66. The van der Waals surface area contributed by atoms with Gasteiger partial charge in [0.15, 0.2) is 0 Å². The fraction of sp³-hybridized carbons (Fsp3) is 0.333. The van der Waals surface area contributed by atoms with Crippen molar-refractivity contribution in [1.82, 2.24) is 0 Å². The zero-order valence-corrected chi connectivity index (χ0v) is 9.50. The van der Waals surface area contributed by atoms with Crippen LogP contribution < -0.4 is 11.5 Å². The molecule has 0 saturated carbocycles. The van der Waals surface area contributed by atoms with Gasteiger partial charge < -0.3 is 11.5 Å². The van der Waals surface area contributed by atoms with Gasteiger partial charge in [-0.05, 0) is 30.2 Å². The summed E-state index contributed by atoms with van der Waals surface area (Å²) in [5.74, 6) is -0.289. The first kappa shape index (κ1) is 15.9. The zero-order valence-electron chi connectivity index (χ0n) is 7.87. The monoisotopic (exact) mass is 240 g/mol. The van der Waals surface area contributed by atoms with E-state index in [9.17, 15) is 4.39 Å². The minimum absolute atomic E-state index is 0. The van der Waals surface area contributed by atoms with Gasteiger partial charge in [0, 0.05) is 11.7 Å². The Kier molecular flexibility index (Phi) is 7.82. The highest BCUT2D eigenvalue weighted by Gasteiger charge is 2.07. The normalized spacial score (nSPS) is 11.1. The van der Waals surface area contributed by atoms with Crippen LogP contribution >= 0.6 is 24.8 Å². The maximum atomic E-state index is 12.7. The van der Waals surface area contributed by atoms with Gasteiger partial charge in [0.2, 0.25) is 0 Å². The maximum absolute atomic E-state index is 12.7. The highest BCUT2D eigenvalue weighted by atomic mass is 35.5. The zero-order chi connectivity index (χ0) is 9.14. The second-order valence-electron chi connectivity index (χ2n) is 2.79. The lowest BCUT2D eigenvalue weighted by molar-refractivity contribution is 0.617. The Morgan fingerprint density at radius 2 is 1.93 bits per heavy atom. The van der Waals surface area contributed by atoms with Gasteiger partial charge in [-0.2, -0.15) is 0 Å². The minimum Gasteiger partial charge on any atom is -0.398 e. The molecule has 82 valence electrons. The molecule has 1 aromatic rings. The SMILES string of the molecule is CCC(N)c1cc(F)ccc1N.Cl.Cl. The summed E-state index contributed by atoms with van der Waals surface area (Å²) in [5, 5.41) is 0. The third-order valence-electron chi connectivity index (χ3n) is 1.89. The highest BCUT2D eigenvalue weighted by Crippen LogP contribution is 2.21. The average Bonchev–Trinajstić information content (AvgIpc) is 2.08. The summed E-state index contributed by atoms with van der Waals surface area (Å²) < 4.78 is 12.7. The molecule has 0 aliphatic carbocycles. The van der Waals surface area contributed by atoms with Crippen molar-refractivity contribution in [1.29, 1.82) is 0 Å². The molecule has 5 heteroatoms. The summed E-state index contributed by atoms with van der Waals surface area (Å²) in [4.78, 5) is 0. The van der Waals surface area contributed by atoms with E-state index in [1.807, 2.05) is 6.92 Å². The second-order valence-corrected chi connectivity index (χ2v) is 2.79. The molecule has 0 spiro atoms. The summed E-state index contributed by atoms with van der Waals surface area (Å²) >= 11 is 0. The molecule has 0 heterocycles. The van der Waals surface area contributed by atoms with Crippen molar-refractivity contribution in [3.63, 3.8) is 0 Å². The largest absolute Gasteiger partial charge is 0.398 e. The Labute approximate surface area is 95.7 Å². The molecule has 0 aromatic heterocycles. The van der Waals surface area contributed by atoms with Gasteiger partial charge in [-0.15, -0.1) is 24.8 Å². The number of rotatable bonds is 2. The first-order valence-electron chi connectivity index (χ1n) is 3.95. The van der Waals surface area contributed by atoms with Crippen LogP contribution in [-0.4, -0.2) is 0 Å². The van der Waals surface area contributed by atoms with Crippen molar-refractivity contribution in [2.75, 3.05) is 5.73 Å². The number of anilines is 1. The molecule has 0 aliphatic rings. The van der Waals surface area contributed by atoms with E-state index in [0.717, 1.165) is 6.42 Å². The number of benzene rings is 1. The molecular weight excluding hydrogens is 226 g/mol. The molecule has 0 aliphatic heterocycles. The van der Waals surface area contributed by atoms with Gasteiger partial charge in [0.05, 0.1) is 0 Å².